The second-order valence-corrected chi connectivity index (χ2v) is 4.28. The zero-order valence-corrected chi connectivity index (χ0v) is 11.1. The molecule has 0 amide bonds. The lowest BCUT2D eigenvalue weighted by Crippen LogP contribution is -2.19. The highest BCUT2D eigenvalue weighted by atomic mass is 19.4. The molecule has 21 heavy (non-hydrogen) atoms. The maximum Gasteiger partial charge on any atom is 0.422 e. The van der Waals surface area contributed by atoms with Gasteiger partial charge < -0.3 is 9.47 Å². The van der Waals surface area contributed by atoms with Crippen molar-refractivity contribution in [1.82, 2.24) is 0 Å². The van der Waals surface area contributed by atoms with Crippen LogP contribution in [-0.2, 0) is 0 Å². The van der Waals surface area contributed by atoms with Gasteiger partial charge in [-0.2, -0.15) is 13.2 Å². The molecule has 2 aromatic carbocycles. The maximum absolute atomic E-state index is 13.8. The Hall–Kier alpha value is -2.24. The minimum Gasteiger partial charge on any atom is -0.497 e. The number of hydrogen-bond acceptors (Lipinski definition) is 2. The Labute approximate surface area is 118 Å². The van der Waals surface area contributed by atoms with Gasteiger partial charge in [-0.3, -0.25) is 0 Å². The van der Waals surface area contributed by atoms with E-state index in [4.69, 9.17) is 4.74 Å². The van der Waals surface area contributed by atoms with Gasteiger partial charge in [-0.05, 0) is 35.9 Å². The van der Waals surface area contributed by atoms with Gasteiger partial charge in [-0.15, -0.1) is 0 Å². The molecular formula is C15H12F4O2. The molecule has 0 unspecified atom stereocenters. The third-order valence-electron chi connectivity index (χ3n) is 2.72. The first-order valence-electron chi connectivity index (χ1n) is 6.02. The summed E-state index contributed by atoms with van der Waals surface area (Å²) in [5, 5.41) is 0. The predicted octanol–water partition coefficient (Wildman–Crippen LogP) is 4.44. The standard InChI is InChI=1S/C15H12F4O2/c1-20-11-5-6-14(16)13(8-11)10-3-2-4-12(7-10)21-9-15(17,18)19/h2-8H,9H2,1H3. The summed E-state index contributed by atoms with van der Waals surface area (Å²) in [6.07, 6.45) is -4.42. The van der Waals surface area contributed by atoms with Crippen LogP contribution in [0.3, 0.4) is 0 Å². The molecule has 2 nitrogen and oxygen atoms in total. The number of halogens is 4. The minimum atomic E-state index is -4.42. The molecule has 0 aromatic heterocycles. The van der Waals surface area contributed by atoms with Crippen LogP contribution in [0.25, 0.3) is 11.1 Å². The Morgan fingerprint density at radius 2 is 1.76 bits per heavy atom. The summed E-state index contributed by atoms with van der Waals surface area (Å²) in [6.45, 7) is -1.39. The van der Waals surface area contributed by atoms with Crippen molar-refractivity contribution in [3.8, 4) is 22.6 Å². The van der Waals surface area contributed by atoms with Gasteiger partial charge in [0, 0.05) is 5.56 Å². The van der Waals surface area contributed by atoms with Crippen LogP contribution in [0, 0.1) is 5.82 Å². The molecule has 0 radical (unpaired) electrons. The highest BCUT2D eigenvalue weighted by Gasteiger charge is 2.28. The second-order valence-electron chi connectivity index (χ2n) is 4.28. The van der Waals surface area contributed by atoms with Crippen LogP contribution in [0.4, 0.5) is 17.6 Å². The smallest absolute Gasteiger partial charge is 0.422 e. The first-order valence-corrected chi connectivity index (χ1v) is 6.02. The third-order valence-corrected chi connectivity index (χ3v) is 2.72. The van der Waals surface area contributed by atoms with Gasteiger partial charge in [-0.1, -0.05) is 12.1 Å². The largest absolute Gasteiger partial charge is 0.497 e. The fraction of sp³-hybridized carbons (Fsp3) is 0.200. The van der Waals surface area contributed by atoms with Crippen molar-refractivity contribution in [1.29, 1.82) is 0 Å². The van der Waals surface area contributed by atoms with E-state index in [2.05, 4.69) is 4.74 Å². The van der Waals surface area contributed by atoms with Gasteiger partial charge in [0.25, 0.3) is 0 Å². The molecule has 0 bridgehead atoms. The number of alkyl halides is 3. The molecule has 6 heteroatoms. The van der Waals surface area contributed by atoms with E-state index in [0.29, 0.717) is 11.3 Å². The van der Waals surface area contributed by atoms with Crippen molar-refractivity contribution < 1.29 is 27.0 Å². The summed E-state index contributed by atoms with van der Waals surface area (Å²) < 4.78 is 59.9. The number of benzene rings is 2. The average Bonchev–Trinajstić information content (AvgIpc) is 2.45. The fourth-order valence-electron chi connectivity index (χ4n) is 1.77. The van der Waals surface area contributed by atoms with E-state index in [1.54, 1.807) is 6.07 Å². The number of hydrogen-bond donors (Lipinski definition) is 0. The average molecular weight is 300 g/mol. The molecule has 0 heterocycles. The van der Waals surface area contributed by atoms with Crippen LogP contribution in [0.2, 0.25) is 0 Å². The Morgan fingerprint density at radius 1 is 1.00 bits per heavy atom. The number of rotatable bonds is 4. The van der Waals surface area contributed by atoms with Crippen LogP contribution in [0.15, 0.2) is 42.5 Å². The Balaban J connectivity index is 2.29. The van der Waals surface area contributed by atoms with E-state index in [-0.39, 0.29) is 11.3 Å². The zero-order valence-electron chi connectivity index (χ0n) is 11.1. The first-order chi connectivity index (χ1) is 9.89. The van der Waals surface area contributed by atoms with E-state index < -0.39 is 18.6 Å². The molecule has 2 rings (SSSR count). The fourth-order valence-corrected chi connectivity index (χ4v) is 1.77. The topological polar surface area (TPSA) is 18.5 Å². The van der Waals surface area contributed by atoms with E-state index in [0.717, 1.165) is 0 Å². The summed E-state index contributed by atoms with van der Waals surface area (Å²) in [6, 6.07) is 9.98. The van der Waals surface area contributed by atoms with Gasteiger partial charge in [0.15, 0.2) is 6.61 Å². The van der Waals surface area contributed by atoms with Crippen molar-refractivity contribution in [2.45, 2.75) is 6.18 Å². The maximum atomic E-state index is 13.8. The molecule has 112 valence electrons. The van der Waals surface area contributed by atoms with Crippen molar-refractivity contribution in [2.24, 2.45) is 0 Å². The second kappa shape index (κ2) is 6.03. The molecule has 2 aromatic rings. The highest BCUT2D eigenvalue weighted by molar-refractivity contribution is 5.67. The zero-order chi connectivity index (χ0) is 15.5. The first kappa shape index (κ1) is 15.2. The normalized spacial score (nSPS) is 11.3. The molecule has 0 aliphatic heterocycles. The monoisotopic (exact) mass is 300 g/mol. The lowest BCUT2D eigenvalue weighted by Gasteiger charge is -2.11. The molecule has 0 saturated carbocycles. The molecular weight excluding hydrogens is 288 g/mol. The summed E-state index contributed by atoms with van der Waals surface area (Å²) in [4.78, 5) is 0. The lowest BCUT2D eigenvalue weighted by molar-refractivity contribution is -0.153. The van der Waals surface area contributed by atoms with E-state index in [1.807, 2.05) is 0 Å². The van der Waals surface area contributed by atoms with Crippen LogP contribution >= 0.6 is 0 Å². The highest BCUT2D eigenvalue weighted by Crippen LogP contribution is 2.30. The third kappa shape index (κ3) is 4.11. The van der Waals surface area contributed by atoms with Crippen molar-refractivity contribution in [2.75, 3.05) is 13.7 Å². The quantitative estimate of drug-likeness (QED) is 0.777. The van der Waals surface area contributed by atoms with Crippen molar-refractivity contribution in [3.05, 3.63) is 48.3 Å². The summed E-state index contributed by atoms with van der Waals surface area (Å²) in [7, 11) is 1.44. The van der Waals surface area contributed by atoms with Crippen molar-refractivity contribution >= 4 is 0 Å². The Bertz CT molecular complexity index is 623. The summed E-state index contributed by atoms with van der Waals surface area (Å²) in [5.74, 6) is -0.0242. The lowest BCUT2D eigenvalue weighted by atomic mass is 10.0. The van der Waals surface area contributed by atoms with Crippen LogP contribution in [-0.4, -0.2) is 19.9 Å². The molecule has 0 atom stereocenters. The van der Waals surface area contributed by atoms with Crippen LogP contribution < -0.4 is 9.47 Å². The molecule has 0 spiro atoms. The minimum absolute atomic E-state index is 0.0204. The van der Waals surface area contributed by atoms with Crippen molar-refractivity contribution in [3.63, 3.8) is 0 Å². The van der Waals surface area contributed by atoms with Gasteiger partial charge in [0.1, 0.15) is 17.3 Å². The van der Waals surface area contributed by atoms with Gasteiger partial charge in [0.05, 0.1) is 7.11 Å². The van der Waals surface area contributed by atoms with Crippen LogP contribution in [0.5, 0.6) is 11.5 Å². The van der Waals surface area contributed by atoms with Crippen LogP contribution in [0.1, 0.15) is 0 Å². The SMILES string of the molecule is COc1ccc(F)c(-c2cccc(OCC(F)(F)F)c2)c1. The van der Waals surface area contributed by atoms with Gasteiger partial charge in [-0.25, -0.2) is 4.39 Å². The Kier molecular flexibility index (Phi) is 4.35. The Morgan fingerprint density at radius 3 is 2.43 bits per heavy atom. The molecule has 0 aliphatic rings. The van der Waals surface area contributed by atoms with E-state index in [1.165, 1.54) is 43.5 Å². The summed E-state index contributed by atoms with van der Waals surface area (Å²) >= 11 is 0. The van der Waals surface area contributed by atoms with Gasteiger partial charge in [0.2, 0.25) is 0 Å². The number of methoxy groups -OCH3 is 1. The molecule has 0 saturated heterocycles. The van der Waals surface area contributed by atoms with Gasteiger partial charge >= 0.3 is 6.18 Å². The molecule has 0 N–H and O–H groups in total. The molecule has 0 fully saturated rings. The number of ether oxygens (including phenoxy) is 2. The van der Waals surface area contributed by atoms with E-state index in [9.17, 15) is 17.6 Å². The predicted molar refractivity (Wildman–Crippen MR) is 69.9 cm³/mol. The molecule has 0 aliphatic carbocycles. The van der Waals surface area contributed by atoms with E-state index >= 15 is 0 Å². The summed E-state index contributed by atoms with van der Waals surface area (Å²) in [5.41, 5.74) is 0.637.